The standard InChI is InChI=1S/C13H23Br/c1-12(2)11(10-14)13(12)8-6-4-3-5-7-9-13/h11H,3-10H2,1-2H3. The first kappa shape index (κ1) is 11.0. The van der Waals surface area contributed by atoms with Crippen molar-refractivity contribution in [3.05, 3.63) is 0 Å². The fourth-order valence-corrected chi connectivity index (χ4v) is 5.36. The fourth-order valence-electron chi connectivity index (χ4n) is 3.93. The Kier molecular flexibility index (Phi) is 2.99. The van der Waals surface area contributed by atoms with E-state index in [9.17, 15) is 0 Å². The van der Waals surface area contributed by atoms with Crippen LogP contribution in [-0.2, 0) is 0 Å². The van der Waals surface area contributed by atoms with Gasteiger partial charge in [0.15, 0.2) is 0 Å². The Hall–Kier alpha value is 0.480. The average Bonchev–Trinajstić information content (AvgIpc) is 2.55. The molecule has 1 unspecified atom stereocenters. The first-order chi connectivity index (χ1) is 6.65. The van der Waals surface area contributed by atoms with Gasteiger partial charge in [-0.25, -0.2) is 0 Å². The topological polar surface area (TPSA) is 0 Å². The maximum Gasteiger partial charge on any atom is 0.00704 e. The van der Waals surface area contributed by atoms with Gasteiger partial charge in [0.25, 0.3) is 0 Å². The summed E-state index contributed by atoms with van der Waals surface area (Å²) >= 11 is 3.71. The third kappa shape index (κ3) is 1.47. The van der Waals surface area contributed by atoms with E-state index in [1.165, 1.54) is 50.3 Å². The van der Waals surface area contributed by atoms with Gasteiger partial charge < -0.3 is 0 Å². The molecule has 1 heteroatoms. The van der Waals surface area contributed by atoms with Gasteiger partial charge in [0.1, 0.15) is 0 Å². The van der Waals surface area contributed by atoms with E-state index in [1.54, 1.807) is 0 Å². The van der Waals surface area contributed by atoms with Crippen LogP contribution in [-0.4, -0.2) is 5.33 Å². The lowest BCUT2D eigenvalue weighted by molar-refractivity contribution is 0.286. The van der Waals surface area contributed by atoms with Gasteiger partial charge in [-0.3, -0.25) is 0 Å². The molecule has 1 atom stereocenters. The van der Waals surface area contributed by atoms with Gasteiger partial charge in [-0.1, -0.05) is 61.9 Å². The zero-order valence-electron chi connectivity index (χ0n) is 9.61. The summed E-state index contributed by atoms with van der Waals surface area (Å²) in [5.74, 6) is 0.952. The number of alkyl halides is 1. The van der Waals surface area contributed by atoms with E-state index >= 15 is 0 Å². The molecule has 0 nitrogen and oxygen atoms in total. The number of halogens is 1. The highest BCUT2D eigenvalue weighted by Crippen LogP contribution is 2.74. The summed E-state index contributed by atoms with van der Waals surface area (Å²) in [6.07, 6.45) is 10.4. The highest BCUT2D eigenvalue weighted by molar-refractivity contribution is 9.09. The smallest absolute Gasteiger partial charge is 0.00704 e. The van der Waals surface area contributed by atoms with Crippen LogP contribution < -0.4 is 0 Å². The second-order valence-corrected chi connectivity index (χ2v) is 6.50. The Balaban J connectivity index is 2.07. The van der Waals surface area contributed by atoms with Gasteiger partial charge in [0.2, 0.25) is 0 Å². The molecule has 0 bridgehead atoms. The van der Waals surface area contributed by atoms with E-state index in [-0.39, 0.29) is 0 Å². The molecule has 14 heavy (non-hydrogen) atoms. The molecule has 0 radical (unpaired) electrons. The molecule has 0 aromatic rings. The van der Waals surface area contributed by atoms with Crippen LogP contribution in [0.1, 0.15) is 58.8 Å². The number of hydrogen-bond donors (Lipinski definition) is 0. The Morgan fingerprint density at radius 3 is 1.93 bits per heavy atom. The molecule has 0 N–H and O–H groups in total. The molecule has 82 valence electrons. The minimum Gasteiger partial charge on any atom is -0.0925 e. The Labute approximate surface area is 97.0 Å². The zero-order chi connectivity index (χ0) is 10.2. The molecule has 0 aromatic carbocycles. The summed E-state index contributed by atoms with van der Waals surface area (Å²) in [7, 11) is 0. The first-order valence-electron chi connectivity index (χ1n) is 6.21. The van der Waals surface area contributed by atoms with Crippen molar-refractivity contribution in [1.29, 1.82) is 0 Å². The average molecular weight is 259 g/mol. The van der Waals surface area contributed by atoms with Gasteiger partial charge in [-0.2, -0.15) is 0 Å². The molecule has 2 aliphatic carbocycles. The predicted octanol–water partition coefficient (Wildman–Crippen LogP) is 4.77. The van der Waals surface area contributed by atoms with Crippen LogP contribution in [0.4, 0.5) is 0 Å². The largest absolute Gasteiger partial charge is 0.0925 e. The van der Waals surface area contributed by atoms with Gasteiger partial charge in [0.05, 0.1) is 0 Å². The molecule has 0 saturated heterocycles. The lowest BCUT2D eigenvalue weighted by atomic mass is 9.82. The molecule has 0 aliphatic heterocycles. The summed E-state index contributed by atoms with van der Waals surface area (Å²) in [6.45, 7) is 4.97. The summed E-state index contributed by atoms with van der Waals surface area (Å²) in [4.78, 5) is 0. The molecule has 0 heterocycles. The van der Waals surface area contributed by atoms with Crippen molar-refractivity contribution < 1.29 is 0 Å². The maximum absolute atomic E-state index is 3.71. The molecule has 2 fully saturated rings. The normalized spacial score (nSPS) is 34.9. The molecule has 2 aliphatic rings. The van der Waals surface area contributed by atoms with Crippen molar-refractivity contribution in [2.75, 3.05) is 5.33 Å². The fraction of sp³-hybridized carbons (Fsp3) is 1.00. The molecule has 2 rings (SSSR count). The Morgan fingerprint density at radius 1 is 1.00 bits per heavy atom. The van der Waals surface area contributed by atoms with Gasteiger partial charge >= 0.3 is 0 Å². The second-order valence-electron chi connectivity index (χ2n) is 5.85. The number of hydrogen-bond acceptors (Lipinski definition) is 0. The number of rotatable bonds is 1. The van der Waals surface area contributed by atoms with Crippen molar-refractivity contribution >= 4 is 15.9 Å². The SMILES string of the molecule is CC1(C)C(CBr)C12CCCCCCC2. The molecule has 2 saturated carbocycles. The van der Waals surface area contributed by atoms with Crippen LogP contribution in [0.3, 0.4) is 0 Å². The predicted molar refractivity (Wildman–Crippen MR) is 65.8 cm³/mol. The first-order valence-corrected chi connectivity index (χ1v) is 7.33. The lowest BCUT2D eigenvalue weighted by Gasteiger charge is -2.23. The minimum atomic E-state index is 0.619. The Morgan fingerprint density at radius 2 is 1.50 bits per heavy atom. The molecule has 1 spiro atoms. The molecule has 0 amide bonds. The van der Waals surface area contributed by atoms with Crippen LogP contribution >= 0.6 is 15.9 Å². The van der Waals surface area contributed by atoms with Crippen molar-refractivity contribution in [2.24, 2.45) is 16.7 Å². The third-order valence-corrected chi connectivity index (χ3v) is 5.79. The van der Waals surface area contributed by atoms with Crippen LogP contribution in [0.15, 0.2) is 0 Å². The van der Waals surface area contributed by atoms with Crippen LogP contribution in [0.2, 0.25) is 0 Å². The molecule has 0 aromatic heterocycles. The highest BCUT2D eigenvalue weighted by Gasteiger charge is 2.68. The summed E-state index contributed by atoms with van der Waals surface area (Å²) in [6, 6.07) is 0. The van der Waals surface area contributed by atoms with Crippen molar-refractivity contribution in [2.45, 2.75) is 58.8 Å². The van der Waals surface area contributed by atoms with E-state index in [1.807, 2.05) is 0 Å². The van der Waals surface area contributed by atoms with E-state index in [2.05, 4.69) is 29.8 Å². The summed E-state index contributed by atoms with van der Waals surface area (Å²) < 4.78 is 0. The van der Waals surface area contributed by atoms with Gasteiger partial charge in [0, 0.05) is 5.33 Å². The lowest BCUT2D eigenvalue weighted by Crippen LogP contribution is -2.11. The van der Waals surface area contributed by atoms with Crippen molar-refractivity contribution in [3.63, 3.8) is 0 Å². The van der Waals surface area contributed by atoms with Crippen LogP contribution in [0.25, 0.3) is 0 Å². The van der Waals surface area contributed by atoms with E-state index < -0.39 is 0 Å². The van der Waals surface area contributed by atoms with Gasteiger partial charge in [-0.15, -0.1) is 0 Å². The highest BCUT2D eigenvalue weighted by atomic mass is 79.9. The summed E-state index contributed by atoms with van der Waals surface area (Å²) in [5.41, 5.74) is 1.34. The minimum absolute atomic E-state index is 0.619. The van der Waals surface area contributed by atoms with Crippen molar-refractivity contribution in [1.82, 2.24) is 0 Å². The Bertz CT molecular complexity index is 199. The van der Waals surface area contributed by atoms with E-state index in [0.29, 0.717) is 5.41 Å². The van der Waals surface area contributed by atoms with E-state index in [4.69, 9.17) is 0 Å². The summed E-state index contributed by atoms with van der Waals surface area (Å²) in [5, 5.41) is 1.22. The van der Waals surface area contributed by atoms with Gasteiger partial charge in [-0.05, 0) is 29.6 Å². The van der Waals surface area contributed by atoms with Crippen LogP contribution in [0, 0.1) is 16.7 Å². The van der Waals surface area contributed by atoms with Crippen molar-refractivity contribution in [3.8, 4) is 0 Å². The third-order valence-electron chi connectivity index (χ3n) is 5.14. The zero-order valence-corrected chi connectivity index (χ0v) is 11.2. The second kappa shape index (κ2) is 3.81. The molecular formula is C13H23Br. The van der Waals surface area contributed by atoms with Crippen LogP contribution in [0.5, 0.6) is 0 Å². The maximum atomic E-state index is 3.71. The quantitative estimate of drug-likeness (QED) is 0.595. The van der Waals surface area contributed by atoms with E-state index in [0.717, 1.165) is 11.3 Å². The monoisotopic (exact) mass is 258 g/mol. The molecular weight excluding hydrogens is 236 g/mol.